The van der Waals surface area contributed by atoms with Gasteiger partial charge < -0.3 is 15.4 Å². The Morgan fingerprint density at radius 3 is 2.26 bits per heavy atom. The van der Waals surface area contributed by atoms with Crippen LogP contribution in [0.1, 0.15) is 73.6 Å². The van der Waals surface area contributed by atoms with Crippen LogP contribution in [0.5, 0.6) is 0 Å². The summed E-state index contributed by atoms with van der Waals surface area (Å²) in [5, 5.41) is 6.53. The van der Waals surface area contributed by atoms with E-state index in [1.54, 1.807) is 0 Å². The lowest BCUT2D eigenvalue weighted by Crippen LogP contribution is -2.41. The number of rotatable bonds is 9. The summed E-state index contributed by atoms with van der Waals surface area (Å²) in [7, 11) is 0. The van der Waals surface area contributed by atoms with Crippen molar-refractivity contribution in [3.8, 4) is 0 Å². The number of hydrogen-bond acceptors (Lipinski definition) is 3. The average Bonchev–Trinajstić information content (AvgIpc) is 2.34. The summed E-state index contributed by atoms with van der Waals surface area (Å²) in [6.07, 6.45) is 4.58. The summed E-state index contributed by atoms with van der Waals surface area (Å²) in [5.74, 6) is 0.785. The fourth-order valence-corrected chi connectivity index (χ4v) is 1.91. The van der Waals surface area contributed by atoms with Crippen LogP contribution in [0.2, 0.25) is 0 Å². The molecule has 2 N–H and O–H groups in total. The molecule has 0 atom stereocenters. The van der Waals surface area contributed by atoms with Crippen molar-refractivity contribution in [2.45, 2.75) is 85.3 Å². The Morgan fingerprint density at radius 1 is 1.13 bits per heavy atom. The normalized spacial score (nSPS) is 11.9. The second kappa shape index (κ2) is 13.9. The van der Waals surface area contributed by atoms with Crippen LogP contribution in [-0.4, -0.2) is 36.7 Å². The maximum atomic E-state index is 11.6. The zero-order valence-corrected chi connectivity index (χ0v) is 18.0. The Hall–Kier alpha value is -0.530. The molecular formula is C17H36IN3O2. The summed E-state index contributed by atoms with van der Waals surface area (Å²) in [4.78, 5) is 16.1. The van der Waals surface area contributed by atoms with E-state index < -0.39 is 0 Å². The molecule has 23 heavy (non-hydrogen) atoms. The largest absolute Gasteiger partial charge is 0.460 e. The van der Waals surface area contributed by atoms with E-state index in [2.05, 4.69) is 36.4 Å². The molecule has 0 saturated carbocycles. The fraction of sp³-hybridized carbons (Fsp3) is 0.882. The minimum atomic E-state index is -0.377. The highest BCUT2D eigenvalue weighted by molar-refractivity contribution is 14.0. The molecular weight excluding hydrogens is 405 g/mol. The number of hydrogen-bond donors (Lipinski definition) is 2. The Labute approximate surface area is 159 Å². The van der Waals surface area contributed by atoms with E-state index in [1.165, 1.54) is 0 Å². The maximum absolute atomic E-state index is 11.6. The van der Waals surface area contributed by atoms with E-state index in [9.17, 15) is 4.79 Å². The van der Waals surface area contributed by atoms with Crippen molar-refractivity contribution in [2.75, 3.05) is 13.1 Å². The van der Waals surface area contributed by atoms with E-state index in [4.69, 9.17) is 4.74 Å². The van der Waals surface area contributed by atoms with Gasteiger partial charge in [0.25, 0.3) is 0 Å². The molecule has 0 unspecified atom stereocenters. The van der Waals surface area contributed by atoms with E-state index in [0.717, 1.165) is 44.7 Å². The molecule has 6 heteroatoms. The molecule has 138 valence electrons. The van der Waals surface area contributed by atoms with Gasteiger partial charge in [-0.3, -0.25) is 9.79 Å². The molecule has 0 saturated heterocycles. The van der Waals surface area contributed by atoms with Gasteiger partial charge in [-0.25, -0.2) is 0 Å². The van der Waals surface area contributed by atoms with E-state index >= 15 is 0 Å². The number of guanidine groups is 1. The van der Waals surface area contributed by atoms with Crippen LogP contribution in [0.25, 0.3) is 0 Å². The molecule has 5 nitrogen and oxygen atoms in total. The van der Waals surface area contributed by atoms with Crippen LogP contribution in [0.15, 0.2) is 4.99 Å². The van der Waals surface area contributed by atoms with Gasteiger partial charge in [0.1, 0.15) is 5.60 Å². The highest BCUT2D eigenvalue weighted by Gasteiger charge is 2.15. The number of esters is 1. The zero-order valence-electron chi connectivity index (χ0n) is 15.7. The first-order valence-electron chi connectivity index (χ1n) is 8.51. The lowest BCUT2D eigenvalue weighted by Gasteiger charge is -2.19. The van der Waals surface area contributed by atoms with Gasteiger partial charge in [0.05, 0.1) is 0 Å². The summed E-state index contributed by atoms with van der Waals surface area (Å²) < 4.78 is 5.28. The third-order valence-electron chi connectivity index (χ3n) is 2.75. The molecule has 0 rings (SSSR count). The number of ether oxygens (including phenoxy) is 1. The minimum Gasteiger partial charge on any atom is -0.460 e. The maximum Gasteiger partial charge on any atom is 0.306 e. The van der Waals surface area contributed by atoms with Crippen LogP contribution < -0.4 is 10.6 Å². The van der Waals surface area contributed by atoms with E-state index in [-0.39, 0.29) is 35.5 Å². The monoisotopic (exact) mass is 441 g/mol. The predicted octanol–water partition coefficient (Wildman–Crippen LogP) is 3.86. The standard InChI is InChI=1S/C17H35N3O2.HI/c1-7-18-16(20-14(2)3)19-13-11-9-8-10-12-15(21)22-17(4,5)6;/h14H,7-13H2,1-6H3,(H2,18,19,20);1H. The van der Waals surface area contributed by atoms with Crippen molar-refractivity contribution < 1.29 is 9.53 Å². The third kappa shape index (κ3) is 17.7. The molecule has 0 aliphatic heterocycles. The number of carbonyl (C=O) groups excluding carboxylic acids is 1. The van der Waals surface area contributed by atoms with Crippen molar-refractivity contribution in [1.29, 1.82) is 0 Å². The summed E-state index contributed by atoms with van der Waals surface area (Å²) >= 11 is 0. The van der Waals surface area contributed by atoms with Crippen molar-refractivity contribution in [1.82, 2.24) is 10.6 Å². The first kappa shape index (κ1) is 24.7. The lowest BCUT2D eigenvalue weighted by molar-refractivity contribution is -0.154. The average molecular weight is 441 g/mol. The number of nitrogens with zero attached hydrogens (tertiary/aromatic N) is 1. The first-order chi connectivity index (χ1) is 10.2. The first-order valence-corrected chi connectivity index (χ1v) is 8.51. The van der Waals surface area contributed by atoms with Crippen LogP contribution in [0, 0.1) is 0 Å². The van der Waals surface area contributed by atoms with Crippen LogP contribution in [0.3, 0.4) is 0 Å². The summed E-state index contributed by atoms with van der Waals surface area (Å²) in [6.45, 7) is 13.6. The number of aliphatic imine (C=N–C) groups is 1. The van der Waals surface area contributed by atoms with Crippen LogP contribution in [0.4, 0.5) is 0 Å². The molecule has 0 aromatic heterocycles. The van der Waals surface area contributed by atoms with Crippen LogP contribution in [-0.2, 0) is 9.53 Å². The number of carbonyl (C=O) groups is 1. The quantitative estimate of drug-likeness (QED) is 0.188. The fourth-order valence-electron chi connectivity index (χ4n) is 1.91. The highest BCUT2D eigenvalue weighted by atomic mass is 127. The van der Waals surface area contributed by atoms with Gasteiger partial charge in [-0.2, -0.15) is 0 Å². The lowest BCUT2D eigenvalue weighted by atomic mass is 10.1. The Morgan fingerprint density at radius 2 is 1.74 bits per heavy atom. The van der Waals surface area contributed by atoms with E-state index in [0.29, 0.717) is 12.5 Å². The van der Waals surface area contributed by atoms with Crippen molar-refractivity contribution in [2.24, 2.45) is 4.99 Å². The molecule has 0 spiro atoms. The summed E-state index contributed by atoms with van der Waals surface area (Å²) in [6, 6.07) is 0.381. The van der Waals surface area contributed by atoms with Crippen molar-refractivity contribution >= 4 is 35.9 Å². The molecule has 0 bridgehead atoms. The molecule has 0 amide bonds. The molecule has 0 radical (unpaired) electrons. The molecule has 0 aromatic rings. The van der Waals surface area contributed by atoms with Crippen molar-refractivity contribution in [3.05, 3.63) is 0 Å². The molecule has 0 heterocycles. The third-order valence-corrected chi connectivity index (χ3v) is 2.75. The summed E-state index contributed by atoms with van der Waals surface area (Å²) in [5.41, 5.74) is -0.377. The van der Waals surface area contributed by atoms with Gasteiger partial charge in [-0.05, 0) is 54.4 Å². The van der Waals surface area contributed by atoms with Gasteiger partial charge in [-0.1, -0.05) is 12.8 Å². The van der Waals surface area contributed by atoms with Gasteiger partial charge in [0.2, 0.25) is 0 Å². The van der Waals surface area contributed by atoms with Gasteiger partial charge in [-0.15, -0.1) is 24.0 Å². The second-order valence-electron chi connectivity index (χ2n) is 6.81. The van der Waals surface area contributed by atoms with Crippen LogP contribution >= 0.6 is 24.0 Å². The molecule has 0 fully saturated rings. The molecule has 0 aliphatic carbocycles. The second-order valence-corrected chi connectivity index (χ2v) is 6.81. The Balaban J connectivity index is 0. The Bertz CT molecular complexity index is 339. The predicted molar refractivity (Wildman–Crippen MR) is 109 cm³/mol. The number of halogens is 1. The van der Waals surface area contributed by atoms with Gasteiger partial charge in [0, 0.05) is 25.6 Å². The smallest absolute Gasteiger partial charge is 0.306 e. The highest BCUT2D eigenvalue weighted by Crippen LogP contribution is 2.11. The minimum absolute atomic E-state index is 0. The zero-order chi connectivity index (χ0) is 17.0. The van der Waals surface area contributed by atoms with Gasteiger partial charge >= 0.3 is 5.97 Å². The molecule has 0 aromatic carbocycles. The number of nitrogens with one attached hydrogen (secondary N) is 2. The van der Waals surface area contributed by atoms with Gasteiger partial charge in [0.15, 0.2) is 5.96 Å². The SMILES string of the molecule is CCNC(=NCCCCCCC(=O)OC(C)(C)C)NC(C)C.I. The molecule has 0 aliphatic rings. The topological polar surface area (TPSA) is 62.7 Å². The number of unbranched alkanes of at least 4 members (excludes halogenated alkanes) is 3. The van der Waals surface area contributed by atoms with Crippen molar-refractivity contribution in [3.63, 3.8) is 0 Å². The van der Waals surface area contributed by atoms with E-state index in [1.807, 2.05) is 20.8 Å². The Kier molecular flexibility index (Phi) is 14.9.